The number of hydrogen-bond donors (Lipinski definition) is 2. The summed E-state index contributed by atoms with van der Waals surface area (Å²) in [5.41, 5.74) is 0.321. The lowest BCUT2D eigenvalue weighted by Crippen LogP contribution is -2.39. The fourth-order valence-corrected chi connectivity index (χ4v) is 3.86. The standard InChI is InChI=1S/C21H27FN2O5/c1-12(2)10-16(25)13-6-8-24(9-7-13)20-18(21(26)27)19(29-23-20)14-4-5-15(22)17(11-14)28-3/h4-5,11-13,16,25H,6-10H2,1-3H3,(H,26,27). The highest BCUT2D eigenvalue weighted by Gasteiger charge is 2.32. The van der Waals surface area contributed by atoms with Crippen LogP contribution in [0, 0.1) is 17.7 Å². The van der Waals surface area contributed by atoms with Crippen LogP contribution in [0.5, 0.6) is 5.75 Å². The molecule has 1 aromatic heterocycles. The maximum atomic E-state index is 13.7. The smallest absolute Gasteiger partial charge is 0.343 e. The summed E-state index contributed by atoms with van der Waals surface area (Å²) >= 11 is 0. The lowest BCUT2D eigenvalue weighted by molar-refractivity contribution is 0.0691. The molecule has 0 amide bonds. The van der Waals surface area contributed by atoms with Gasteiger partial charge in [0, 0.05) is 18.7 Å². The SMILES string of the molecule is COc1cc(-c2onc(N3CCC(C(O)CC(C)C)CC3)c2C(=O)O)ccc1F. The van der Waals surface area contributed by atoms with Gasteiger partial charge in [-0.1, -0.05) is 19.0 Å². The number of carboxylic acid groups (broad SMARTS) is 1. The number of benzene rings is 1. The molecule has 1 fully saturated rings. The number of carbonyl (C=O) groups is 1. The first-order chi connectivity index (χ1) is 13.8. The number of aliphatic hydroxyl groups excluding tert-OH is 1. The minimum atomic E-state index is -1.17. The Balaban J connectivity index is 1.83. The third-order valence-corrected chi connectivity index (χ3v) is 5.40. The maximum absolute atomic E-state index is 13.7. The Morgan fingerprint density at radius 1 is 1.38 bits per heavy atom. The van der Waals surface area contributed by atoms with Crippen LogP contribution >= 0.6 is 0 Å². The van der Waals surface area contributed by atoms with Gasteiger partial charge in [0.25, 0.3) is 0 Å². The first-order valence-electron chi connectivity index (χ1n) is 9.81. The lowest BCUT2D eigenvalue weighted by Gasteiger charge is -2.34. The summed E-state index contributed by atoms with van der Waals surface area (Å²) in [5, 5.41) is 24.2. The summed E-state index contributed by atoms with van der Waals surface area (Å²) in [7, 11) is 1.34. The molecule has 0 radical (unpaired) electrons. The van der Waals surface area contributed by atoms with Crippen molar-refractivity contribution in [3.8, 4) is 17.1 Å². The molecule has 2 aromatic rings. The minimum absolute atomic E-state index is 0.00302. The van der Waals surface area contributed by atoms with Gasteiger partial charge in [-0.3, -0.25) is 0 Å². The molecular weight excluding hydrogens is 379 g/mol. The average Bonchev–Trinajstić information content (AvgIpc) is 3.13. The molecule has 1 aromatic carbocycles. The van der Waals surface area contributed by atoms with E-state index in [-0.39, 0.29) is 34.9 Å². The summed E-state index contributed by atoms with van der Waals surface area (Å²) in [4.78, 5) is 13.8. The number of nitrogens with zero attached hydrogens (tertiary/aromatic N) is 2. The third-order valence-electron chi connectivity index (χ3n) is 5.40. The first-order valence-corrected chi connectivity index (χ1v) is 9.81. The zero-order chi connectivity index (χ0) is 21.1. The van der Waals surface area contributed by atoms with Crippen LogP contribution in [0.2, 0.25) is 0 Å². The molecule has 1 aliphatic rings. The second-order valence-corrected chi connectivity index (χ2v) is 7.89. The fourth-order valence-electron chi connectivity index (χ4n) is 3.86. The molecule has 2 N–H and O–H groups in total. The minimum Gasteiger partial charge on any atom is -0.494 e. The Labute approximate surface area is 169 Å². The molecule has 29 heavy (non-hydrogen) atoms. The Morgan fingerprint density at radius 2 is 2.07 bits per heavy atom. The summed E-state index contributed by atoms with van der Waals surface area (Å²) in [5.74, 6) is -0.782. The van der Waals surface area contributed by atoms with Gasteiger partial charge in [0.05, 0.1) is 13.2 Å². The molecule has 1 unspecified atom stereocenters. The van der Waals surface area contributed by atoms with Gasteiger partial charge in [-0.05, 0) is 49.3 Å². The van der Waals surface area contributed by atoms with Crippen molar-refractivity contribution in [2.45, 2.75) is 39.2 Å². The van der Waals surface area contributed by atoms with E-state index in [0.29, 0.717) is 24.6 Å². The van der Waals surface area contributed by atoms with Gasteiger partial charge in [-0.2, -0.15) is 0 Å². The van der Waals surface area contributed by atoms with Gasteiger partial charge in [-0.25, -0.2) is 9.18 Å². The monoisotopic (exact) mass is 406 g/mol. The van der Waals surface area contributed by atoms with Gasteiger partial charge >= 0.3 is 5.97 Å². The lowest BCUT2D eigenvalue weighted by atomic mass is 9.87. The molecular formula is C21H27FN2O5. The van der Waals surface area contributed by atoms with Gasteiger partial charge < -0.3 is 24.4 Å². The van der Waals surface area contributed by atoms with E-state index >= 15 is 0 Å². The van der Waals surface area contributed by atoms with Crippen LogP contribution in [0.15, 0.2) is 22.7 Å². The van der Waals surface area contributed by atoms with E-state index in [9.17, 15) is 19.4 Å². The molecule has 7 nitrogen and oxygen atoms in total. The number of methoxy groups -OCH3 is 1. The molecule has 0 aliphatic carbocycles. The maximum Gasteiger partial charge on any atom is 0.343 e. The van der Waals surface area contributed by atoms with Crippen molar-refractivity contribution in [3.63, 3.8) is 0 Å². The van der Waals surface area contributed by atoms with E-state index in [1.807, 2.05) is 4.90 Å². The Hall–Kier alpha value is -2.61. The summed E-state index contributed by atoms with van der Waals surface area (Å²) in [6, 6.07) is 4.02. The van der Waals surface area contributed by atoms with E-state index in [2.05, 4.69) is 19.0 Å². The molecule has 8 heteroatoms. The normalized spacial score (nSPS) is 16.3. The fraction of sp³-hybridized carbons (Fsp3) is 0.524. The Bertz CT molecular complexity index is 859. The van der Waals surface area contributed by atoms with Crippen LogP contribution in [0.25, 0.3) is 11.3 Å². The molecule has 158 valence electrons. The zero-order valence-corrected chi connectivity index (χ0v) is 16.9. The average molecular weight is 406 g/mol. The third kappa shape index (κ3) is 4.53. The van der Waals surface area contributed by atoms with Crippen molar-refractivity contribution >= 4 is 11.8 Å². The molecule has 0 saturated carbocycles. The number of anilines is 1. The van der Waals surface area contributed by atoms with E-state index in [1.54, 1.807) is 0 Å². The van der Waals surface area contributed by atoms with Crippen molar-refractivity contribution in [2.75, 3.05) is 25.1 Å². The van der Waals surface area contributed by atoms with Crippen LogP contribution in [0.1, 0.15) is 43.5 Å². The van der Waals surface area contributed by atoms with Gasteiger partial charge in [0.15, 0.2) is 28.7 Å². The van der Waals surface area contributed by atoms with Gasteiger partial charge in [0.1, 0.15) is 0 Å². The number of halogens is 1. The first kappa shape index (κ1) is 21.1. The largest absolute Gasteiger partial charge is 0.494 e. The van der Waals surface area contributed by atoms with E-state index in [0.717, 1.165) is 19.3 Å². The van der Waals surface area contributed by atoms with Crippen LogP contribution in [0.3, 0.4) is 0 Å². The van der Waals surface area contributed by atoms with Crippen molar-refractivity contribution in [1.82, 2.24) is 5.16 Å². The van der Waals surface area contributed by atoms with Gasteiger partial charge in [0.2, 0.25) is 0 Å². The number of hydrogen-bond acceptors (Lipinski definition) is 6. The van der Waals surface area contributed by atoms with Crippen molar-refractivity contribution in [2.24, 2.45) is 11.8 Å². The predicted molar refractivity (Wildman–Crippen MR) is 106 cm³/mol. The second kappa shape index (κ2) is 8.82. The second-order valence-electron chi connectivity index (χ2n) is 7.89. The highest BCUT2D eigenvalue weighted by Crippen LogP contribution is 2.36. The number of aliphatic hydroxyl groups is 1. The number of aromatic nitrogens is 1. The summed E-state index contributed by atoms with van der Waals surface area (Å²) < 4.78 is 24.0. The highest BCUT2D eigenvalue weighted by atomic mass is 19.1. The predicted octanol–water partition coefficient (Wildman–Crippen LogP) is 3.81. The van der Waals surface area contributed by atoms with Crippen LogP contribution < -0.4 is 9.64 Å². The van der Waals surface area contributed by atoms with Crippen molar-refractivity contribution < 1.29 is 28.7 Å². The number of rotatable bonds is 7. The van der Waals surface area contributed by atoms with Crippen LogP contribution in [0.4, 0.5) is 10.2 Å². The molecule has 1 atom stereocenters. The zero-order valence-electron chi connectivity index (χ0n) is 16.9. The molecule has 1 saturated heterocycles. The van der Waals surface area contributed by atoms with Crippen molar-refractivity contribution in [1.29, 1.82) is 0 Å². The molecule has 0 bridgehead atoms. The number of aromatic carboxylic acids is 1. The summed E-state index contributed by atoms with van der Waals surface area (Å²) in [6.45, 7) is 5.33. The van der Waals surface area contributed by atoms with E-state index < -0.39 is 11.8 Å². The van der Waals surface area contributed by atoms with Crippen LogP contribution in [-0.4, -0.2) is 47.6 Å². The number of ether oxygens (including phenoxy) is 1. The highest BCUT2D eigenvalue weighted by molar-refractivity contribution is 5.99. The number of piperidine rings is 1. The van der Waals surface area contributed by atoms with Crippen LogP contribution in [-0.2, 0) is 0 Å². The molecule has 1 aliphatic heterocycles. The van der Waals surface area contributed by atoms with E-state index in [4.69, 9.17) is 9.26 Å². The Morgan fingerprint density at radius 3 is 2.66 bits per heavy atom. The van der Waals surface area contributed by atoms with E-state index in [1.165, 1.54) is 25.3 Å². The molecule has 2 heterocycles. The quantitative estimate of drug-likeness (QED) is 0.722. The topological polar surface area (TPSA) is 96.0 Å². The molecule has 0 spiro atoms. The molecule has 3 rings (SSSR count). The summed E-state index contributed by atoms with van der Waals surface area (Å²) in [6.07, 6.45) is 1.90. The van der Waals surface area contributed by atoms with Crippen molar-refractivity contribution in [3.05, 3.63) is 29.6 Å². The van der Waals surface area contributed by atoms with Gasteiger partial charge in [-0.15, -0.1) is 0 Å². The Kier molecular flexibility index (Phi) is 6.42. The number of carboxylic acids is 1.